The molecule has 0 saturated heterocycles. The maximum absolute atomic E-state index is 12.3. The molecule has 4 nitrogen and oxygen atoms in total. The number of hydrogen-bond donors (Lipinski definition) is 1. The zero-order valence-electron chi connectivity index (χ0n) is 14.6. The Balaban J connectivity index is 2.10. The van der Waals surface area contributed by atoms with E-state index in [0.29, 0.717) is 6.42 Å². The van der Waals surface area contributed by atoms with Crippen LogP contribution in [0.3, 0.4) is 0 Å². The molecule has 0 radical (unpaired) electrons. The van der Waals surface area contributed by atoms with Crippen LogP contribution in [0.15, 0.2) is 64.6 Å². The lowest BCUT2D eigenvalue weighted by atomic mass is 9.80. The van der Waals surface area contributed by atoms with E-state index in [1.54, 1.807) is 24.3 Å². The third-order valence-corrected chi connectivity index (χ3v) is 5.17. The Bertz CT molecular complexity index is 808. The smallest absolute Gasteiger partial charge is 0.200 e. The van der Waals surface area contributed by atoms with E-state index in [9.17, 15) is 8.42 Å². The summed E-state index contributed by atoms with van der Waals surface area (Å²) in [7, 11) is -3.63. The van der Waals surface area contributed by atoms with Crippen LogP contribution in [0.5, 0.6) is 0 Å². The van der Waals surface area contributed by atoms with Crippen molar-refractivity contribution in [3.05, 3.63) is 65.7 Å². The molecule has 0 aromatic heterocycles. The van der Waals surface area contributed by atoms with Crippen LogP contribution in [0.1, 0.15) is 38.3 Å². The van der Waals surface area contributed by atoms with Crippen LogP contribution >= 0.6 is 0 Å². The van der Waals surface area contributed by atoms with Gasteiger partial charge in [-0.15, -0.1) is 0 Å². The van der Waals surface area contributed by atoms with Crippen LogP contribution in [-0.4, -0.2) is 14.1 Å². The van der Waals surface area contributed by atoms with Crippen molar-refractivity contribution in [2.24, 2.45) is 5.10 Å². The van der Waals surface area contributed by atoms with Gasteiger partial charge in [-0.05, 0) is 43.4 Å². The number of nitrogens with one attached hydrogen (secondary N) is 1. The van der Waals surface area contributed by atoms with Crippen LogP contribution in [0.25, 0.3) is 0 Å². The second-order valence-electron chi connectivity index (χ2n) is 6.68. The van der Waals surface area contributed by atoms with Gasteiger partial charge in [0.25, 0.3) is 10.0 Å². The van der Waals surface area contributed by atoms with Crippen LogP contribution < -0.4 is 4.83 Å². The van der Waals surface area contributed by atoms with E-state index < -0.39 is 10.0 Å². The van der Waals surface area contributed by atoms with Gasteiger partial charge >= 0.3 is 0 Å². The van der Waals surface area contributed by atoms with Gasteiger partial charge in [0.05, 0.1) is 4.90 Å². The van der Waals surface area contributed by atoms with Gasteiger partial charge in [0.15, 0.2) is 0 Å². The molecule has 0 aliphatic carbocycles. The van der Waals surface area contributed by atoms with Crippen molar-refractivity contribution in [1.29, 1.82) is 0 Å². The Kier molecular flexibility index (Phi) is 5.44. The molecule has 0 unspecified atom stereocenters. The van der Waals surface area contributed by atoms with Crippen molar-refractivity contribution >= 4 is 15.7 Å². The SMILES string of the molecule is C/C(CC(C)(C)c1ccccc1)=N\NS(=O)(=O)c1ccc(C)cc1. The summed E-state index contributed by atoms with van der Waals surface area (Å²) in [4.78, 5) is 2.54. The summed E-state index contributed by atoms with van der Waals surface area (Å²) in [6.07, 6.45) is 0.660. The molecule has 2 aromatic rings. The number of aryl methyl sites for hydroxylation is 1. The third kappa shape index (κ3) is 4.68. The van der Waals surface area contributed by atoms with Gasteiger partial charge in [-0.25, -0.2) is 4.83 Å². The van der Waals surface area contributed by atoms with Gasteiger partial charge in [0.1, 0.15) is 0 Å². The Morgan fingerprint density at radius 2 is 1.62 bits per heavy atom. The third-order valence-electron chi connectivity index (χ3n) is 3.94. The quantitative estimate of drug-likeness (QED) is 0.635. The van der Waals surface area contributed by atoms with E-state index in [1.807, 2.05) is 32.0 Å². The second kappa shape index (κ2) is 7.18. The van der Waals surface area contributed by atoms with Crippen LogP contribution in [-0.2, 0) is 15.4 Å². The molecule has 0 aliphatic rings. The Morgan fingerprint density at radius 3 is 2.21 bits per heavy atom. The highest BCUT2D eigenvalue weighted by atomic mass is 32.2. The summed E-state index contributed by atoms with van der Waals surface area (Å²) < 4.78 is 24.5. The average Bonchev–Trinajstić information content (AvgIpc) is 2.54. The summed E-state index contributed by atoms with van der Waals surface area (Å²) >= 11 is 0. The standard InChI is InChI=1S/C19H24N2O2S/c1-15-10-12-18(13-11-15)24(22,23)21-20-16(2)14-19(3,4)17-8-6-5-7-9-17/h5-13,21H,14H2,1-4H3/b20-16+. The van der Waals surface area contributed by atoms with Gasteiger partial charge in [-0.1, -0.05) is 61.9 Å². The lowest BCUT2D eigenvalue weighted by molar-refractivity contribution is 0.546. The Labute approximate surface area is 144 Å². The fourth-order valence-electron chi connectivity index (χ4n) is 2.58. The minimum atomic E-state index is -3.63. The van der Waals surface area contributed by atoms with Crippen LogP contribution in [0.4, 0.5) is 0 Å². The molecule has 0 spiro atoms. The lowest BCUT2D eigenvalue weighted by Gasteiger charge is -2.25. The first kappa shape index (κ1) is 18.2. The van der Waals surface area contributed by atoms with Gasteiger partial charge < -0.3 is 0 Å². The predicted molar refractivity (Wildman–Crippen MR) is 98.7 cm³/mol. The molecular formula is C19H24N2O2S. The summed E-state index contributed by atoms with van der Waals surface area (Å²) in [5.74, 6) is 0. The number of nitrogens with zero attached hydrogens (tertiary/aromatic N) is 1. The zero-order chi connectivity index (χ0) is 17.8. The molecule has 1 N–H and O–H groups in total. The summed E-state index contributed by atoms with van der Waals surface area (Å²) in [6.45, 7) is 7.99. The number of benzene rings is 2. The molecule has 0 aliphatic heterocycles. The maximum Gasteiger partial charge on any atom is 0.276 e. The van der Waals surface area contributed by atoms with Gasteiger partial charge in [0.2, 0.25) is 0 Å². The number of sulfonamides is 1. The minimum Gasteiger partial charge on any atom is -0.200 e. The first-order chi connectivity index (χ1) is 11.2. The van der Waals surface area contributed by atoms with E-state index in [1.165, 1.54) is 5.56 Å². The highest BCUT2D eigenvalue weighted by Crippen LogP contribution is 2.27. The van der Waals surface area contributed by atoms with E-state index in [4.69, 9.17) is 0 Å². The predicted octanol–water partition coefficient (Wildman–Crippen LogP) is 4.02. The summed E-state index contributed by atoms with van der Waals surface area (Å²) in [6, 6.07) is 16.8. The monoisotopic (exact) mass is 344 g/mol. The second-order valence-corrected chi connectivity index (χ2v) is 8.34. The first-order valence-corrected chi connectivity index (χ1v) is 9.36. The fraction of sp³-hybridized carbons (Fsp3) is 0.316. The molecule has 0 saturated carbocycles. The Hall–Kier alpha value is -2.14. The fourth-order valence-corrected chi connectivity index (χ4v) is 3.45. The molecular weight excluding hydrogens is 320 g/mol. The molecule has 2 aromatic carbocycles. The van der Waals surface area contributed by atoms with E-state index in [-0.39, 0.29) is 10.3 Å². The number of hydrogen-bond acceptors (Lipinski definition) is 3. The normalized spacial score (nSPS) is 12.9. The topological polar surface area (TPSA) is 58.5 Å². The van der Waals surface area contributed by atoms with Gasteiger partial charge in [-0.2, -0.15) is 13.5 Å². The molecule has 0 heterocycles. The first-order valence-electron chi connectivity index (χ1n) is 7.88. The van der Waals surface area contributed by atoms with Crippen molar-refractivity contribution in [2.45, 2.75) is 44.4 Å². The molecule has 24 heavy (non-hydrogen) atoms. The maximum atomic E-state index is 12.3. The van der Waals surface area contributed by atoms with Crippen LogP contribution in [0, 0.1) is 6.92 Å². The van der Waals surface area contributed by atoms with E-state index >= 15 is 0 Å². The average molecular weight is 344 g/mol. The molecule has 0 bridgehead atoms. The van der Waals surface area contributed by atoms with Crippen molar-refractivity contribution in [3.63, 3.8) is 0 Å². The Morgan fingerprint density at radius 1 is 1.04 bits per heavy atom. The molecule has 0 amide bonds. The molecule has 5 heteroatoms. The molecule has 2 rings (SSSR count). The number of hydrazone groups is 1. The summed E-state index contributed by atoms with van der Waals surface area (Å²) in [5.41, 5.74) is 2.82. The minimum absolute atomic E-state index is 0.121. The van der Waals surface area contributed by atoms with Gasteiger partial charge in [-0.3, -0.25) is 0 Å². The van der Waals surface area contributed by atoms with Crippen molar-refractivity contribution in [3.8, 4) is 0 Å². The molecule has 128 valence electrons. The van der Waals surface area contributed by atoms with Crippen molar-refractivity contribution < 1.29 is 8.42 Å². The van der Waals surface area contributed by atoms with Gasteiger partial charge in [0, 0.05) is 5.71 Å². The molecule has 0 atom stereocenters. The van der Waals surface area contributed by atoms with Crippen molar-refractivity contribution in [1.82, 2.24) is 4.83 Å². The van der Waals surface area contributed by atoms with Crippen molar-refractivity contribution in [2.75, 3.05) is 0 Å². The lowest BCUT2D eigenvalue weighted by Crippen LogP contribution is -2.24. The summed E-state index contributed by atoms with van der Waals surface area (Å²) in [5, 5.41) is 4.08. The zero-order valence-corrected chi connectivity index (χ0v) is 15.4. The molecule has 0 fully saturated rings. The van der Waals surface area contributed by atoms with E-state index in [2.05, 4.69) is 35.9 Å². The largest absolute Gasteiger partial charge is 0.276 e. The van der Waals surface area contributed by atoms with E-state index in [0.717, 1.165) is 11.3 Å². The highest BCUT2D eigenvalue weighted by Gasteiger charge is 2.21. The highest BCUT2D eigenvalue weighted by molar-refractivity contribution is 7.89. The van der Waals surface area contributed by atoms with Crippen LogP contribution in [0.2, 0.25) is 0 Å². The number of rotatable bonds is 6.